The fourth-order valence-electron chi connectivity index (χ4n) is 3.04. The minimum Gasteiger partial charge on any atom is -0.352 e. The van der Waals surface area contributed by atoms with Crippen LogP contribution >= 0.6 is 0 Å². The lowest BCUT2D eigenvalue weighted by molar-refractivity contribution is -0.128. The van der Waals surface area contributed by atoms with Crippen LogP contribution in [0.25, 0.3) is 0 Å². The van der Waals surface area contributed by atoms with Gasteiger partial charge in [0.15, 0.2) is 0 Å². The monoisotopic (exact) mass is 278 g/mol. The molecular formula is C13H21F3N2O. The Morgan fingerprint density at radius 2 is 1.84 bits per heavy atom. The molecule has 0 bridgehead atoms. The molecule has 0 aromatic heterocycles. The Labute approximate surface area is 111 Å². The van der Waals surface area contributed by atoms with Crippen molar-refractivity contribution in [2.45, 2.75) is 50.7 Å². The zero-order valence-electron chi connectivity index (χ0n) is 10.9. The summed E-state index contributed by atoms with van der Waals surface area (Å²) in [5.41, 5.74) is 0. The van der Waals surface area contributed by atoms with Gasteiger partial charge in [0.1, 0.15) is 0 Å². The Bertz CT molecular complexity index is 314. The average Bonchev–Trinajstić information content (AvgIpc) is 3.07. The second-order valence-corrected chi connectivity index (χ2v) is 5.69. The summed E-state index contributed by atoms with van der Waals surface area (Å²) in [4.78, 5) is 11.5. The first-order chi connectivity index (χ1) is 8.96. The fraction of sp³-hybridized carbons (Fsp3) is 0.923. The van der Waals surface area contributed by atoms with Crippen molar-refractivity contribution in [1.82, 2.24) is 10.6 Å². The molecule has 0 radical (unpaired) electrons. The third-order valence-electron chi connectivity index (χ3n) is 4.05. The van der Waals surface area contributed by atoms with E-state index in [4.69, 9.17) is 0 Å². The van der Waals surface area contributed by atoms with Crippen LogP contribution in [0.4, 0.5) is 13.2 Å². The van der Waals surface area contributed by atoms with E-state index in [1.54, 1.807) is 0 Å². The van der Waals surface area contributed by atoms with Gasteiger partial charge in [-0.15, -0.1) is 0 Å². The number of alkyl halides is 3. The predicted molar refractivity (Wildman–Crippen MR) is 65.5 cm³/mol. The van der Waals surface area contributed by atoms with Crippen molar-refractivity contribution in [2.75, 3.05) is 13.1 Å². The van der Waals surface area contributed by atoms with Crippen molar-refractivity contribution in [2.24, 2.45) is 11.8 Å². The van der Waals surface area contributed by atoms with Gasteiger partial charge >= 0.3 is 6.18 Å². The van der Waals surface area contributed by atoms with Crippen molar-refractivity contribution < 1.29 is 18.0 Å². The molecule has 0 aliphatic heterocycles. The van der Waals surface area contributed by atoms with E-state index in [0.717, 1.165) is 6.42 Å². The first-order valence-electron chi connectivity index (χ1n) is 7.02. The summed E-state index contributed by atoms with van der Waals surface area (Å²) >= 11 is 0. The molecule has 0 aromatic carbocycles. The number of carbonyl (C=O) groups is 1. The van der Waals surface area contributed by atoms with Crippen LogP contribution in [-0.2, 0) is 4.79 Å². The molecule has 19 heavy (non-hydrogen) atoms. The highest BCUT2D eigenvalue weighted by Crippen LogP contribution is 2.44. The third kappa shape index (κ3) is 5.01. The molecule has 110 valence electrons. The van der Waals surface area contributed by atoms with Gasteiger partial charge in [-0.1, -0.05) is 32.1 Å². The van der Waals surface area contributed by atoms with Crippen LogP contribution in [0.2, 0.25) is 0 Å². The molecule has 2 saturated carbocycles. The van der Waals surface area contributed by atoms with Crippen LogP contribution in [0.15, 0.2) is 0 Å². The topological polar surface area (TPSA) is 41.1 Å². The van der Waals surface area contributed by atoms with Crippen LogP contribution < -0.4 is 10.6 Å². The van der Waals surface area contributed by atoms with Gasteiger partial charge in [0.05, 0.1) is 13.1 Å². The van der Waals surface area contributed by atoms with Crippen molar-refractivity contribution >= 4 is 5.91 Å². The quantitative estimate of drug-likeness (QED) is 0.809. The Morgan fingerprint density at radius 3 is 2.47 bits per heavy atom. The standard InChI is InChI=1S/C13H21F3N2O/c14-13(15,16)8-17-7-12(19)18-11-6-10(11)9-4-2-1-3-5-9/h9-11,17H,1-8H2,(H,18,19)/t10-,11+/m0/s1. The van der Waals surface area contributed by atoms with Crippen molar-refractivity contribution in [3.05, 3.63) is 0 Å². The van der Waals surface area contributed by atoms with Crippen LogP contribution in [0.1, 0.15) is 38.5 Å². The first-order valence-corrected chi connectivity index (χ1v) is 7.02. The molecule has 2 aliphatic carbocycles. The minimum atomic E-state index is -4.26. The summed E-state index contributed by atoms with van der Waals surface area (Å²) in [7, 11) is 0. The van der Waals surface area contributed by atoms with Crippen LogP contribution in [0, 0.1) is 11.8 Å². The first kappa shape index (κ1) is 14.6. The normalized spacial score (nSPS) is 28.2. The fourth-order valence-corrected chi connectivity index (χ4v) is 3.04. The molecule has 2 aliphatic rings. The minimum absolute atomic E-state index is 0.197. The molecule has 2 N–H and O–H groups in total. The lowest BCUT2D eigenvalue weighted by Crippen LogP contribution is -2.39. The molecule has 1 amide bonds. The average molecular weight is 278 g/mol. The van der Waals surface area contributed by atoms with Gasteiger partial charge in [-0.05, 0) is 18.3 Å². The van der Waals surface area contributed by atoms with Gasteiger partial charge in [0.25, 0.3) is 0 Å². The van der Waals surface area contributed by atoms with Crippen molar-refractivity contribution in [3.8, 4) is 0 Å². The van der Waals surface area contributed by atoms with Crippen molar-refractivity contribution in [1.29, 1.82) is 0 Å². The van der Waals surface area contributed by atoms with E-state index in [1.165, 1.54) is 32.1 Å². The summed E-state index contributed by atoms with van der Waals surface area (Å²) in [5, 5.41) is 4.93. The Balaban J connectivity index is 1.59. The van der Waals surface area contributed by atoms with Crippen LogP contribution in [0.3, 0.4) is 0 Å². The van der Waals surface area contributed by atoms with E-state index >= 15 is 0 Å². The van der Waals surface area contributed by atoms with Gasteiger partial charge in [0, 0.05) is 6.04 Å². The van der Waals surface area contributed by atoms with E-state index in [-0.39, 0.29) is 18.5 Å². The van der Waals surface area contributed by atoms with E-state index in [2.05, 4.69) is 10.6 Å². The highest BCUT2D eigenvalue weighted by Gasteiger charge is 2.43. The SMILES string of the molecule is O=C(CNCC(F)(F)F)N[C@@H]1C[C@H]1C1CCCCC1. The predicted octanol–water partition coefficient (Wildman–Crippen LogP) is 2.22. The van der Waals surface area contributed by atoms with Gasteiger partial charge in [-0.2, -0.15) is 13.2 Å². The summed E-state index contributed by atoms with van der Waals surface area (Å²) < 4.78 is 35.7. The molecule has 2 rings (SSSR count). The molecule has 0 aromatic rings. The zero-order chi connectivity index (χ0) is 13.9. The second-order valence-electron chi connectivity index (χ2n) is 5.69. The number of nitrogens with one attached hydrogen (secondary N) is 2. The summed E-state index contributed by atoms with van der Waals surface area (Å²) in [5.74, 6) is 0.946. The maximum atomic E-state index is 11.9. The Kier molecular flexibility index (Phi) is 4.71. The molecule has 3 nitrogen and oxygen atoms in total. The van der Waals surface area contributed by atoms with E-state index in [1.807, 2.05) is 0 Å². The highest BCUT2D eigenvalue weighted by molar-refractivity contribution is 5.78. The van der Waals surface area contributed by atoms with Gasteiger partial charge < -0.3 is 10.6 Å². The Morgan fingerprint density at radius 1 is 1.16 bits per heavy atom. The lowest BCUT2D eigenvalue weighted by Gasteiger charge is -2.21. The van der Waals surface area contributed by atoms with Crippen molar-refractivity contribution in [3.63, 3.8) is 0 Å². The summed E-state index contributed by atoms with van der Waals surface area (Å²) in [6, 6.07) is 0.197. The number of amides is 1. The lowest BCUT2D eigenvalue weighted by atomic mass is 9.85. The number of carbonyl (C=O) groups excluding carboxylic acids is 1. The summed E-state index contributed by atoms with van der Waals surface area (Å²) in [6.45, 7) is -1.37. The maximum absolute atomic E-state index is 11.9. The zero-order valence-corrected chi connectivity index (χ0v) is 10.9. The molecule has 6 heteroatoms. The van der Waals surface area contributed by atoms with Gasteiger partial charge in [-0.3, -0.25) is 4.79 Å². The number of halogens is 3. The van der Waals surface area contributed by atoms with E-state index < -0.39 is 12.7 Å². The molecular weight excluding hydrogens is 257 g/mol. The molecule has 0 heterocycles. The largest absolute Gasteiger partial charge is 0.401 e. The number of hydrogen-bond donors (Lipinski definition) is 2. The van der Waals surface area contributed by atoms with Crippen LogP contribution in [-0.4, -0.2) is 31.2 Å². The number of rotatable bonds is 5. The maximum Gasteiger partial charge on any atom is 0.401 e. The third-order valence-corrected chi connectivity index (χ3v) is 4.05. The Hall–Kier alpha value is -0.780. The molecule has 0 saturated heterocycles. The van der Waals surface area contributed by atoms with Crippen LogP contribution in [0.5, 0.6) is 0 Å². The smallest absolute Gasteiger partial charge is 0.352 e. The number of hydrogen-bond acceptors (Lipinski definition) is 2. The molecule has 2 fully saturated rings. The highest BCUT2D eigenvalue weighted by atomic mass is 19.4. The van der Waals surface area contributed by atoms with Gasteiger partial charge in [0.2, 0.25) is 5.91 Å². The summed E-state index contributed by atoms with van der Waals surface area (Å²) in [6.07, 6.45) is 3.07. The van der Waals surface area contributed by atoms with E-state index in [0.29, 0.717) is 11.8 Å². The van der Waals surface area contributed by atoms with E-state index in [9.17, 15) is 18.0 Å². The molecule has 0 spiro atoms. The van der Waals surface area contributed by atoms with Gasteiger partial charge in [-0.25, -0.2) is 0 Å². The second kappa shape index (κ2) is 6.11. The molecule has 2 atom stereocenters. The molecule has 0 unspecified atom stereocenters.